The standard InChI is InChI=1S/C16H20ClN3/c1-2-16-18-7-8-20(16)11-13-9-19(10-13)12-14-5-3-4-6-15(14)17/h3-8,13H,2,9-12H2,1H3. The fourth-order valence-corrected chi connectivity index (χ4v) is 3.08. The SMILES string of the molecule is CCc1nccn1CC1CN(Cc2ccccc2Cl)C1. The Morgan fingerprint density at radius 3 is 2.85 bits per heavy atom. The number of hydrogen-bond acceptors (Lipinski definition) is 2. The highest BCUT2D eigenvalue weighted by molar-refractivity contribution is 6.31. The molecule has 3 nitrogen and oxygen atoms in total. The summed E-state index contributed by atoms with van der Waals surface area (Å²) in [7, 11) is 0. The number of aromatic nitrogens is 2. The monoisotopic (exact) mass is 289 g/mol. The van der Waals surface area contributed by atoms with Gasteiger partial charge in [0.1, 0.15) is 5.82 Å². The molecule has 0 unspecified atom stereocenters. The fourth-order valence-electron chi connectivity index (χ4n) is 2.89. The molecule has 0 bridgehead atoms. The van der Waals surface area contributed by atoms with Crippen LogP contribution in [0.2, 0.25) is 5.02 Å². The van der Waals surface area contributed by atoms with Crippen LogP contribution in [0.15, 0.2) is 36.7 Å². The van der Waals surface area contributed by atoms with E-state index in [2.05, 4.69) is 39.7 Å². The topological polar surface area (TPSA) is 21.1 Å². The number of benzene rings is 1. The van der Waals surface area contributed by atoms with Crippen LogP contribution in [0.4, 0.5) is 0 Å². The van der Waals surface area contributed by atoms with Gasteiger partial charge in [0.05, 0.1) is 0 Å². The first-order valence-electron chi connectivity index (χ1n) is 7.22. The second-order valence-corrected chi connectivity index (χ2v) is 5.91. The number of halogens is 1. The molecule has 4 heteroatoms. The predicted molar refractivity (Wildman–Crippen MR) is 81.8 cm³/mol. The van der Waals surface area contributed by atoms with E-state index in [4.69, 9.17) is 11.6 Å². The van der Waals surface area contributed by atoms with E-state index >= 15 is 0 Å². The highest BCUT2D eigenvalue weighted by Gasteiger charge is 2.27. The Kier molecular flexibility index (Phi) is 4.08. The predicted octanol–water partition coefficient (Wildman–Crippen LogP) is 3.23. The lowest BCUT2D eigenvalue weighted by Gasteiger charge is -2.39. The van der Waals surface area contributed by atoms with Crippen molar-refractivity contribution in [3.05, 3.63) is 53.1 Å². The molecule has 1 aromatic carbocycles. The first-order chi connectivity index (χ1) is 9.76. The van der Waals surface area contributed by atoms with Crippen molar-refractivity contribution in [1.82, 2.24) is 14.5 Å². The van der Waals surface area contributed by atoms with E-state index in [0.29, 0.717) is 0 Å². The molecule has 0 saturated carbocycles. The molecule has 20 heavy (non-hydrogen) atoms. The Hall–Kier alpha value is -1.32. The molecule has 1 aliphatic rings. The Labute approximate surface area is 125 Å². The summed E-state index contributed by atoms with van der Waals surface area (Å²) in [4.78, 5) is 6.83. The van der Waals surface area contributed by atoms with Gasteiger partial charge in [0.2, 0.25) is 0 Å². The fraction of sp³-hybridized carbons (Fsp3) is 0.438. The van der Waals surface area contributed by atoms with E-state index in [1.165, 1.54) is 11.4 Å². The van der Waals surface area contributed by atoms with Crippen LogP contribution < -0.4 is 0 Å². The molecule has 106 valence electrons. The largest absolute Gasteiger partial charge is 0.335 e. The van der Waals surface area contributed by atoms with E-state index in [0.717, 1.165) is 43.5 Å². The molecule has 1 aliphatic heterocycles. The zero-order chi connectivity index (χ0) is 13.9. The zero-order valence-electron chi connectivity index (χ0n) is 11.8. The summed E-state index contributed by atoms with van der Waals surface area (Å²) in [6.07, 6.45) is 5.00. The van der Waals surface area contributed by atoms with Gasteiger partial charge in [-0.3, -0.25) is 4.90 Å². The zero-order valence-corrected chi connectivity index (χ0v) is 12.6. The van der Waals surface area contributed by atoms with Crippen molar-refractivity contribution in [2.45, 2.75) is 26.4 Å². The highest BCUT2D eigenvalue weighted by atomic mass is 35.5. The van der Waals surface area contributed by atoms with Crippen LogP contribution in [0.3, 0.4) is 0 Å². The number of likely N-dealkylation sites (tertiary alicyclic amines) is 1. The number of rotatable bonds is 5. The van der Waals surface area contributed by atoms with Gasteiger partial charge in [-0.2, -0.15) is 0 Å². The third kappa shape index (κ3) is 2.89. The van der Waals surface area contributed by atoms with E-state index in [-0.39, 0.29) is 0 Å². The first kappa shape index (κ1) is 13.7. The first-order valence-corrected chi connectivity index (χ1v) is 7.60. The molecule has 0 N–H and O–H groups in total. The Balaban J connectivity index is 1.51. The van der Waals surface area contributed by atoms with Crippen molar-refractivity contribution in [2.24, 2.45) is 5.92 Å². The van der Waals surface area contributed by atoms with Gasteiger partial charge in [-0.25, -0.2) is 4.98 Å². The molecular formula is C16H20ClN3. The number of hydrogen-bond donors (Lipinski definition) is 0. The number of nitrogens with zero attached hydrogens (tertiary/aromatic N) is 3. The van der Waals surface area contributed by atoms with Crippen molar-refractivity contribution in [2.75, 3.05) is 13.1 Å². The average Bonchev–Trinajstić information content (AvgIpc) is 2.85. The molecule has 2 aromatic rings. The maximum atomic E-state index is 6.20. The number of imidazole rings is 1. The summed E-state index contributed by atoms with van der Waals surface area (Å²) in [6.45, 7) is 6.49. The minimum atomic E-state index is 0.733. The van der Waals surface area contributed by atoms with Crippen LogP contribution in [0.1, 0.15) is 18.3 Å². The van der Waals surface area contributed by atoms with E-state index in [1.807, 2.05) is 18.3 Å². The van der Waals surface area contributed by atoms with Gasteiger partial charge in [-0.15, -0.1) is 0 Å². The highest BCUT2D eigenvalue weighted by Crippen LogP contribution is 2.24. The van der Waals surface area contributed by atoms with Crippen LogP contribution in [0, 0.1) is 5.92 Å². The molecule has 0 aliphatic carbocycles. The summed E-state index contributed by atoms with van der Waals surface area (Å²) in [5.74, 6) is 1.92. The molecule has 1 saturated heterocycles. The van der Waals surface area contributed by atoms with Crippen molar-refractivity contribution < 1.29 is 0 Å². The Bertz CT molecular complexity index is 573. The molecular weight excluding hydrogens is 270 g/mol. The Morgan fingerprint density at radius 2 is 2.10 bits per heavy atom. The maximum Gasteiger partial charge on any atom is 0.108 e. The van der Waals surface area contributed by atoms with Crippen LogP contribution in [0.5, 0.6) is 0 Å². The molecule has 0 radical (unpaired) electrons. The number of aryl methyl sites for hydroxylation is 1. The second kappa shape index (κ2) is 5.98. The van der Waals surface area contributed by atoms with E-state index < -0.39 is 0 Å². The summed E-state index contributed by atoms with van der Waals surface area (Å²) in [5.41, 5.74) is 1.23. The van der Waals surface area contributed by atoms with Crippen LogP contribution in [-0.2, 0) is 19.5 Å². The van der Waals surface area contributed by atoms with Gasteiger partial charge < -0.3 is 4.57 Å². The van der Waals surface area contributed by atoms with Crippen LogP contribution in [-0.4, -0.2) is 27.5 Å². The molecule has 1 fully saturated rings. The summed E-state index contributed by atoms with van der Waals surface area (Å²) < 4.78 is 2.29. The normalized spacial score (nSPS) is 16.3. The molecule has 0 spiro atoms. The average molecular weight is 290 g/mol. The second-order valence-electron chi connectivity index (χ2n) is 5.50. The minimum Gasteiger partial charge on any atom is -0.335 e. The van der Waals surface area contributed by atoms with Gasteiger partial charge in [0.15, 0.2) is 0 Å². The lowest BCUT2D eigenvalue weighted by molar-refractivity contribution is 0.0798. The third-order valence-electron chi connectivity index (χ3n) is 3.96. The smallest absolute Gasteiger partial charge is 0.108 e. The van der Waals surface area contributed by atoms with Gasteiger partial charge in [-0.05, 0) is 11.6 Å². The maximum absolute atomic E-state index is 6.20. The molecule has 3 rings (SSSR count). The van der Waals surface area contributed by atoms with Crippen molar-refractivity contribution in [3.8, 4) is 0 Å². The summed E-state index contributed by atoms with van der Waals surface area (Å²) in [5, 5.41) is 0.874. The lowest BCUT2D eigenvalue weighted by atomic mass is 9.99. The summed E-state index contributed by atoms with van der Waals surface area (Å²) >= 11 is 6.20. The van der Waals surface area contributed by atoms with E-state index in [9.17, 15) is 0 Å². The quantitative estimate of drug-likeness (QED) is 0.843. The van der Waals surface area contributed by atoms with Crippen LogP contribution in [0.25, 0.3) is 0 Å². The lowest BCUT2D eigenvalue weighted by Crippen LogP contribution is -2.47. The minimum absolute atomic E-state index is 0.733. The molecule has 0 amide bonds. The summed E-state index contributed by atoms with van der Waals surface area (Å²) in [6, 6.07) is 8.11. The van der Waals surface area contributed by atoms with Crippen molar-refractivity contribution in [1.29, 1.82) is 0 Å². The van der Waals surface area contributed by atoms with Gasteiger partial charge in [0, 0.05) is 55.9 Å². The third-order valence-corrected chi connectivity index (χ3v) is 4.33. The van der Waals surface area contributed by atoms with Crippen molar-refractivity contribution in [3.63, 3.8) is 0 Å². The van der Waals surface area contributed by atoms with Gasteiger partial charge in [-0.1, -0.05) is 36.7 Å². The Morgan fingerprint density at radius 1 is 1.30 bits per heavy atom. The van der Waals surface area contributed by atoms with Gasteiger partial charge >= 0.3 is 0 Å². The molecule has 2 heterocycles. The molecule has 0 atom stereocenters. The van der Waals surface area contributed by atoms with Crippen LogP contribution >= 0.6 is 11.6 Å². The molecule has 1 aromatic heterocycles. The van der Waals surface area contributed by atoms with Crippen molar-refractivity contribution >= 4 is 11.6 Å². The van der Waals surface area contributed by atoms with Gasteiger partial charge in [0.25, 0.3) is 0 Å². The van der Waals surface area contributed by atoms with E-state index in [1.54, 1.807) is 0 Å².